The van der Waals surface area contributed by atoms with E-state index in [9.17, 15) is 0 Å². The molecule has 154 valence electrons. The maximum absolute atomic E-state index is 2.56. The van der Waals surface area contributed by atoms with Gasteiger partial charge in [-0.2, -0.15) is 0 Å². The van der Waals surface area contributed by atoms with Crippen LogP contribution >= 0.6 is 0 Å². The van der Waals surface area contributed by atoms with Crippen molar-refractivity contribution in [3.63, 3.8) is 0 Å². The minimum absolute atomic E-state index is 0. The van der Waals surface area contributed by atoms with Crippen LogP contribution < -0.4 is 17.0 Å². The third-order valence-corrected chi connectivity index (χ3v) is 5.33. The molecule has 25 heavy (non-hydrogen) atoms. The lowest BCUT2D eigenvalue weighted by Gasteiger charge is -2.29. The highest BCUT2D eigenvalue weighted by Gasteiger charge is 2.13. The van der Waals surface area contributed by atoms with E-state index in [1.54, 1.807) is 0 Å². The van der Waals surface area contributed by atoms with E-state index in [0.29, 0.717) is 0 Å². The third-order valence-electron chi connectivity index (χ3n) is 5.33. The third kappa shape index (κ3) is 20.6. The molecule has 1 unspecified atom stereocenters. The standard InChI is InChI=1S/C22H49N2.BrH/c1-7-8-9-10-11-12-13-14-15-16-17-18-20-23(3)22(2)19-21-24(4,5)6;/h22H,7-21H2,1-6H3;1H/q+1;/p-1. The summed E-state index contributed by atoms with van der Waals surface area (Å²) in [4.78, 5) is 2.56. The van der Waals surface area contributed by atoms with E-state index in [2.05, 4.69) is 46.9 Å². The van der Waals surface area contributed by atoms with Crippen LogP contribution in [0.1, 0.15) is 97.3 Å². The molecular formula is C22H49BrN2. The Morgan fingerprint density at radius 3 is 1.52 bits per heavy atom. The van der Waals surface area contributed by atoms with Crippen LogP contribution in [0.5, 0.6) is 0 Å². The number of nitrogens with zero attached hydrogens (tertiary/aromatic N) is 2. The SMILES string of the molecule is CCCCCCCCCCCCCCN(C)C(C)CC[N+](C)(C)C.[Br-]. The number of halogens is 1. The average molecular weight is 422 g/mol. The van der Waals surface area contributed by atoms with Gasteiger partial charge in [-0.1, -0.05) is 77.6 Å². The van der Waals surface area contributed by atoms with Gasteiger partial charge in [0.1, 0.15) is 0 Å². The van der Waals surface area contributed by atoms with E-state index in [1.807, 2.05) is 0 Å². The number of hydrogen-bond acceptors (Lipinski definition) is 1. The van der Waals surface area contributed by atoms with Gasteiger partial charge in [-0.3, -0.25) is 0 Å². The summed E-state index contributed by atoms with van der Waals surface area (Å²) < 4.78 is 1.08. The molecule has 0 fully saturated rings. The van der Waals surface area contributed by atoms with Gasteiger partial charge < -0.3 is 26.4 Å². The van der Waals surface area contributed by atoms with Crippen molar-refractivity contribution >= 4 is 0 Å². The molecule has 2 nitrogen and oxygen atoms in total. The normalized spacial score (nSPS) is 13.1. The molecule has 0 saturated heterocycles. The predicted octanol–water partition coefficient (Wildman–Crippen LogP) is 3.11. The fourth-order valence-electron chi connectivity index (χ4n) is 3.22. The minimum Gasteiger partial charge on any atom is -1.00 e. The first-order chi connectivity index (χ1) is 11.4. The van der Waals surface area contributed by atoms with E-state index in [-0.39, 0.29) is 17.0 Å². The molecule has 0 aromatic heterocycles. The Bertz CT molecular complexity index is 263. The number of rotatable bonds is 17. The van der Waals surface area contributed by atoms with Gasteiger partial charge in [-0.15, -0.1) is 0 Å². The summed E-state index contributed by atoms with van der Waals surface area (Å²) in [6.07, 6.45) is 18.6. The van der Waals surface area contributed by atoms with E-state index in [4.69, 9.17) is 0 Å². The molecule has 0 amide bonds. The lowest BCUT2D eigenvalue weighted by Crippen LogP contribution is -3.00. The Morgan fingerprint density at radius 1 is 0.720 bits per heavy atom. The highest BCUT2D eigenvalue weighted by atomic mass is 79.9. The van der Waals surface area contributed by atoms with Crippen LogP contribution in [-0.2, 0) is 0 Å². The van der Waals surface area contributed by atoms with Crippen LogP contribution in [0.25, 0.3) is 0 Å². The molecule has 0 bridgehead atoms. The van der Waals surface area contributed by atoms with Gasteiger partial charge in [0.2, 0.25) is 0 Å². The van der Waals surface area contributed by atoms with Crippen LogP contribution in [-0.4, -0.2) is 56.7 Å². The first kappa shape index (κ1) is 27.6. The maximum atomic E-state index is 2.56. The van der Waals surface area contributed by atoms with E-state index in [1.165, 1.54) is 96.6 Å². The quantitative estimate of drug-likeness (QED) is 0.258. The number of hydrogen-bond donors (Lipinski definition) is 0. The van der Waals surface area contributed by atoms with Gasteiger partial charge in [-0.05, 0) is 26.9 Å². The Kier molecular flexibility index (Phi) is 19.7. The van der Waals surface area contributed by atoms with Crippen molar-refractivity contribution < 1.29 is 21.5 Å². The maximum Gasteiger partial charge on any atom is 0.0795 e. The lowest BCUT2D eigenvalue weighted by atomic mass is 10.1. The van der Waals surface area contributed by atoms with Gasteiger partial charge in [0.15, 0.2) is 0 Å². The topological polar surface area (TPSA) is 3.24 Å². The molecule has 0 aromatic rings. The molecule has 0 spiro atoms. The predicted molar refractivity (Wildman–Crippen MR) is 111 cm³/mol. The second-order valence-electron chi connectivity index (χ2n) is 9.02. The van der Waals surface area contributed by atoms with Crippen molar-refractivity contribution in [2.45, 2.75) is 103 Å². The lowest BCUT2D eigenvalue weighted by molar-refractivity contribution is -0.870. The van der Waals surface area contributed by atoms with E-state index >= 15 is 0 Å². The average Bonchev–Trinajstić information content (AvgIpc) is 2.52. The minimum atomic E-state index is 0. The smallest absolute Gasteiger partial charge is 0.0795 e. The molecule has 0 saturated carbocycles. The van der Waals surface area contributed by atoms with Gasteiger partial charge in [-0.25, -0.2) is 0 Å². The van der Waals surface area contributed by atoms with E-state index in [0.717, 1.165) is 10.5 Å². The molecule has 1 atom stereocenters. The molecule has 0 aliphatic heterocycles. The molecule has 0 N–H and O–H groups in total. The van der Waals surface area contributed by atoms with Crippen molar-refractivity contribution in [3.05, 3.63) is 0 Å². The summed E-state index contributed by atoms with van der Waals surface area (Å²) >= 11 is 0. The largest absolute Gasteiger partial charge is 1.00 e. The van der Waals surface area contributed by atoms with Crippen LogP contribution in [0.4, 0.5) is 0 Å². The Balaban J connectivity index is 0. The zero-order valence-corrected chi connectivity index (χ0v) is 20.0. The molecule has 3 heteroatoms. The Hall–Kier alpha value is 0.400. The summed E-state index contributed by atoms with van der Waals surface area (Å²) in [5, 5.41) is 0. The highest BCUT2D eigenvalue weighted by Crippen LogP contribution is 2.12. The van der Waals surface area contributed by atoms with Crippen LogP contribution in [0.3, 0.4) is 0 Å². The molecule has 0 radical (unpaired) electrons. The summed E-state index contributed by atoms with van der Waals surface area (Å²) in [5.41, 5.74) is 0. The van der Waals surface area contributed by atoms with Crippen LogP contribution in [0.2, 0.25) is 0 Å². The number of unbranched alkanes of at least 4 members (excludes halogenated alkanes) is 11. The zero-order valence-electron chi connectivity index (χ0n) is 18.5. The Labute approximate surface area is 171 Å². The molecule has 0 aliphatic carbocycles. The van der Waals surface area contributed by atoms with Crippen LogP contribution in [0.15, 0.2) is 0 Å². The van der Waals surface area contributed by atoms with Crippen molar-refractivity contribution in [2.24, 2.45) is 0 Å². The first-order valence-corrected chi connectivity index (χ1v) is 10.9. The van der Waals surface area contributed by atoms with Crippen LogP contribution in [0, 0.1) is 0 Å². The van der Waals surface area contributed by atoms with Crippen molar-refractivity contribution in [2.75, 3.05) is 41.3 Å². The van der Waals surface area contributed by atoms with Crippen molar-refractivity contribution in [1.29, 1.82) is 0 Å². The van der Waals surface area contributed by atoms with Gasteiger partial charge in [0, 0.05) is 12.5 Å². The first-order valence-electron chi connectivity index (χ1n) is 10.9. The fraction of sp³-hybridized carbons (Fsp3) is 1.00. The highest BCUT2D eigenvalue weighted by molar-refractivity contribution is 4.63. The molecule has 0 aromatic carbocycles. The van der Waals surface area contributed by atoms with Crippen molar-refractivity contribution in [1.82, 2.24) is 4.90 Å². The fourth-order valence-corrected chi connectivity index (χ4v) is 3.22. The monoisotopic (exact) mass is 420 g/mol. The zero-order chi connectivity index (χ0) is 18.3. The molecule has 0 heterocycles. The summed E-state index contributed by atoms with van der Waals surface area (Å²) in [5.74, 6) is 0. The Morgan fingerprint density at radius 2 is 1.12 bits per heavy atom. The molecule has 0 aliphatic rings. The molecular weight excluding hydrogens is 372 g/mol. The summed E-state index contributed by atoms with van der Waals surface area (Å²) in [6.45, 7) is 7.22. The second kappa shape index (κ2) is 17.8. The summed E-state index contributed by atoms with van der Waals surface area (Å²) in [7, 11) is 9.17. The van der Waals surface area contributed by atoms with Gasteiger partial charge in [0.25, 0.3) is 0 Å². The van der Waals surface area contributed by atoms with E-state index < -0.39 is 0 Å². The van der Waals surface area contributed by atoms with Gasteiger partial charge in [0.05, 0.1) is 27.7 Å². The van der Waals surface area contributed by atoms with Crippen molar-refractivity contribution in [3.8, 4) is 0 Å². The second-order valence-corrected chi connectivity index (χ2v) is 9.02. The van der Waals surface area contributed by atoms with Gasteiger partial charge >= 0.3 is 0 Å². The summed E-state index contributed by atoms with van der Waals surface area (Å²) in [6, 6.07) is 0.718. The molecule has 0 rings (SSSR count). The number of quaternary nitrogens is 1.